The minimum atomic E-state index is -0.723. The van der Waals surface area contributed by atoms with E-state index in [-0.39, 0.29) is 5.69 Å². The summed E-state index contributed by atoms with van der Waals surface area (Å²) < 4.78 is 26.1. The highest BCUT2D eigenvalue weighted by Gasteiger charge is 2.16. The Morgan fingerprint density at radius 2 is 2.08 bits per heavy atom. The zero-order valence-corrected chi connectivity index (χ0v) is 6.77. The molecule has 0 saturated carbocycles. The molecular weight excluding hydrogens is 174 g/mol. The predicted octanol–water partition coefficient (Wildman–Crippen LogP) is 2.03. The maximum atomic E-state index is 13.1. The molecule has 0 saturated heterocycles. The largest absolute Gasteiger partial charge is 0.395 e. The monoisotopic (exact) mass is 182 g/mol. The number of hydrogen-bond acceptors (Lipinski definition) is 2. The van der Waals surface area contributed by atoms with Gasteiger partial charge in [-0.05, 0) is 12.6 Å². The second-order valence-corrected chi connectivity index (χ2v) is 2.86. The first kappa shape index (κ1) is 8.04. The van der Waals surface area contributed by atoms with Gasteiger partial charge >= 0.3 is 0 Å². The molecule has 0 bridgehead atoms. The summed E-state index contributed by atoms with van der Waals surface area (Å²) in [5.74, 6) is -1.28. The van der Waals surface area contributed by atoms with Crippen LogP contribution in [0.3, 0.4) is 0 Å². The number of nitrogens with two attached hydrogens (primary N) is 1. The number of halogens is 2. The third-order valence-electron chi connectivity index (χ3n) is 2.04. The van der Waals surface area contributed by atoms with E-state index in [1.807, 2.05) is 0 Å². The van der Waals surface area contributed by atoms with Crippen molar-refractivity contribution >= 4 is 11.4 Å². The molecule has 1 aliphatic rings. The van der Waals surface area contributed by atoms with Crippen molar-refractivity contribution < 1.29 is 8.78 Å². The second kappa shape index (κ2) is 2.73. The van der Waals surface area contributed by atoms with Crippen molar-refractivity contribution in [2.45, 2.75) is 6.42 Å². The molecule has 2 nitrogen and oxygen atoms in total. The molecule has 1 aromatic carbocycles. The van der Waals surface area contributed by atoms with Crippen molar-refractivity contribution in [3.8, 4) is 0 Å². The standard InChI is InChI=1S/C9H8F2N2/c10-6-4-7(11)8(12)9-5(6)2-1-3-13-9/h1,3-4,13H,2,12H2. The lowest BCUT2D eigenvalue weighted by Crippen LogP contribution is -2.08. The SMILES string of the molecule is Nc1c(F)cc(F)c2c1NC=CC2. The molecule has 2 rings (SSSR count). The van der Waals surface area contributed by atoms with Gasteiger partial charge in [0.15, 0.2) is 5.82 Å². The lowest BCUT2D eigenvalue weighted by atomic mass is 10.0. The zero-order chi connectivity index (χ0) is 9.42. The summed E-state index contributed by atoms with van der Waals surface area (Å²) in [5.41, 5.74) is 6.17. The third-order valence-corrected chi connectivity index (χ3v) is 2.04. The van der Waals surface area contributed by atoms with Crippen molar-refractivity contribution in [2.24, 2.45) is 0 Å². The molecule has 0 amide bonds. The first-order chi connectivity index (χ1) is 6.20. The van der Waals surface area contributed by atoms with Crippen LogP contribution >= 0.6 is 0 Å². The maximum absolute atomic E-state index is 13.1. The fraction of sp³-hybridized carbons (Fsp3) is 0.111. The number of hydrogen-bond donors (Lipinski definition) is 2. The third kappa shape index (κ3) is 1.14. The summed E-state index contributed by atoms with van der Waals surface area (Å²) in [5, 5.41) is 2.73. The molecule has 3 N–H and O–H groups in total. The zero-order valence-electron chi connectivity index (χ0n) is 6.77. The van der Waals surface area contributed by atoms with Gasteiger partial charge in [-0.2, -0.15) is 0 Å². The molecule has 0 unspecified atom stereocenters. The van der Waals surface area contributed by atoms with Crippen molar-refractivity contribution in [2.75, 3.05) is 11.1 Å². The molecule has 1 aromatic rings. The van der Waals surface area contributed by atoms with Gasteiger partial charge in [-0.15, -0.1) is 0 Å². The van der Waals surface area contributed by atoms with E-state index < -0.39 is 11.6 Å². The molecule has 0 aromatic heterocycles. The fourth-order valence-electron chi connectivity index (χ4n) is 1.36. The Morgan fingerprint density at radius 3 is 2.85 bits per heavy atom. The maximum Gasteiger partial charge on any atom is 0.151 e. The van der Waals surface area contributed by atoms with E-state index >= 15 is 0 Å². The fourth-order valence-corrected chi connectivity index (χ4v) is 1.36. The van der Waals surface area contributed by atoms with E-state index in [0.717, 1.165) is 6.07 Å². The Labute approximate surface area is 74.1 Å². The van der Waals surface area contributed by atoms with Crippen LogP contribution in [0.4, 0.5) is 20.2 Å². The van der Waals surface area contributed by atoms with Gasteiger partial charge in [-0.25, -0.2) is 8.78 Å². The van der Waals surface area contributed by atoms with Crippen LogP contribution in [0.25, 0.3) is 0 Å². The molecule has 0 spiro atoms. The number of benzene rings is 1. The highest BCUT2D eigenvalue weighted by molar-refractivity contribution is 5.73. The number of fused-ring (bicyclic) bond motifs is 1. The number of rotatable bonds is 0. The quantitative estimate of drug-likeness (QED) is 0.602. The minimum Gasteiger partial charge on any atom is -0.395 e. The van der Waals surface area contributed by atoms with E-state index in [2.05, 4.69) is 5.32 Å². The first-order valence-corrected chi connectivity index (χ1v) is 3.88. The number of nitrogen functional groups attached to an aromatic ring is 1. The summed E-state index contributed by atoms with van der Waals surface area (Å²) in [6, 6.07) is 0.814. The van der Waals surface area contributed by atoms with Gasteiger partial charge in [0.1, 0.15) is 5.82 Å². The molecule has 0 radical (unpaired) electrons. The minimum absolute atomic E-state index is 0.0271. The highest BCUT2D eigenvalue weighted by Crippen LogP contribution is 2.31. The highest BCUT2D eigenvalue weighted by atomic mass is 19.1. The van der Waals surface area contributed by atoms with Gasteiger partial charge < -0.3 is 11.1 Å². The van der Waals surface area contributed by atoms with Crippen LogP contribution in [-0.2, 0) is 6.42 Å². The Hall–Kier alpha value is -1.58. The summed E-state index contributed by atoms with van der Waals surface area (Å²) in [6.07, 6.45) is 3.82. The van der Waals surface area contributed by atoms with Crippen LogP contribution in [0.5, 0.6) is 0 Å². The number of anilines is 2. The van der Waals surface area contributed by atoms with Gasteiger partial charge in [0, 0.05) is 11.6 Å². The lowest BCUT2D eigenvalue weighted by Gasteiger charge is -2.16. The van der Waals surface area contributed by atoms with E-state index in [0.29, 0.717) is 17.7 Å². The number of nitrogens with one attached hydrogen (secondary N) is 1. The van der Waals surface area contributed by atoms with Gasteiger partial charge in [-0.1, -0.05) is 6.08 Å². The molecule has 0 fully saturated rings. The summed E-state index contributed by atoms with van der Waals surface area (Å²) >= 11 is 0. The van der Waals surface area contributed by atoms with Gasteiger partial charge in [0.05, 0.1) is 11.4 Å². The Balaban J connectivity index is 2.66. The smallest absolute Gasteiger partial charge is 0.151 e. The Kier molecular flexibility index (Phi) is 1.69. The topological polar surface area (TPSA) is 38.0 Å². The van der Waals surface area contributed by atoms with Crippen LogP contribution < -0.4 is 11.1 Å². The first-order valence-electron chi connectivity index (χ1n) is 3.88. The van der Waals surface area contributed by atoms with Gasteiger partial charge in [0.25, 0.3) is 0 Å². The molecular formula is C9H8F2N2. The summed E-state index contributed by atoms with van der Waals surface area (Å²) in [6.45, 7) is 0. The predicted molar refractivity (Wildman–Crippen MR) is 47.2 cm³/mol. The lowest BCUT2D eigenvalue weighted by molar-refractivity contribution is 0.578. The summed E-state index contributed by atoms with van der Waals surface area (Å²) in [4.78, 5) is 0. The Morgan fingerprint density at radius 1 is 1.31 bits per heavy atom. The van der Waals surface area contributed by atoms with Crippen molar-refractivity contribution in [1.82, 2.24) is 0 Å². The second-order valence-electron chi connectivity index (χ2n) is 2.86. The summed E-state index contributed by atoms with van der Waals surface area (Å²) in [7, 11) is 0. The van der Waals surface area contributed by atoms with E-state index in [1.54, 1.807) is 12.3 Å². The molecule has 13 heavy (non-hydrogen) atoms. The van der Waals surface area contributed by atoms with Crippen LogP contribution in [0.2, 0.25) is 0 Å². The van der Waals surface area contributed by atoms with Crippen LogP contribution in [-0.4, -0.2) is 0 Å². The number of allylic oxidation sites excluding steroid dienone is 1. The van der Waals surface area contributed by atoms with Gasteiger partial charge in [0.2, 0.25) is 0 Å². The molecule has 1 aliphatic heterocycles. The van der Waals surface area contributed by atoms with Crippen molar-refractivity contribution in [1.29, 1.82) is 0 Å². The van der Waals surface area contributed by atoms with Crippen molar-refractivity contribution in [3.05, 3.63) is 35.5 Å². The molecule has 0 aliphatic carbocycles. The average Bonchev–Trinajstić information content (AvgIpc) is 2.15. The van der Waals surface area contributed by atoms with E-state index in [9.17, 15) is 8.78 Å². The normalized spacial score (nSPS) is 13.7. The van der Waals surface area contributed by atoms with E-state index in [1.165, 1.54) is 0 Å². The Bertz CT molecular complexity index is 386. The van der Waals surface area contributed by atoms with Crippen molar-refractivity contribution in [3.63, 3.8) is 0 Å². The van der Waals surface area contributed by atoms with E-state index in [4.69, 9.17) is 5.73 Å². The van der Waals surface area contributed by atoms with Gasteiger partial charge in [-0.3, -0.25) is 0 Å². The molecule has 0 atom stereocenters. The molecule has 68 valence electrons. The average molecular weight is 182 g/mol. The molecule has 1 heterocycles. The van der Waals surface area contributed by atoms with Crippen LogP contribution in [0.15, 0.2) is 18.3 Å². The van der Waals surface area contributed by atoms with Crippen LogP contribution in [0, 0.1) is 11.6 Å². The molecule has 4 heteroatoms. The van der Waals surface area contributed by atoms with Crippen LogP contribution in [0.1, 0.15) is 5.56 Å².